The first kappa shape index (κ1) is 16.5. The molecule has 0 spiro atoms. The van der Waals surface area contributed by atoms with Crippen LogP contribution in [0, 0.1) is 0 Å². The van der Waals surface area contributed by atoms with E-state index in [1.807, 2.05) is 25.2 Å². The monoisotopic (exact) mass is 323 g/mol. The quantitative estimate of drug-likeness (QED) is 0.769. The van der Waals surface area contributed by atoms with Gasteiger partial charge in [-0.05, 0) is 49.7 Å². The summed E-state index contributed by atoms with van der Waals surface area (Å²) in [7, 11) is 1.90. The highest BCUT2D eigenvalue weighted by atomic mass is 16.1. The maximum atomic E-state index is 12.1. The Balaban J connectivity index is 1.68. The summed E-state index contributed by atoms with van der Waals surface area (Å²) in [6.07, 6.45) is 2.49. The molecule has 1 aliphatic heterocycles. The molecule has 0 radical (unpaired) electrons. The first-order valence-corrected chi connectivity index (χ1v) is 8.63. The molecular weight excluding hydrogens is 298 g/mol. The fourth-order valence-electron chi connectivity index (χ4n) is 3.20. The summed E-state index contributed by atoms with van der Waals surface area (Å²) >= 11 is 0. The van der Waals surface area contributed by atoms with Crippen LogP contribution in [0.5, 0.6) is 0 Å². The van der Waals surface area contributed by atoms with E-state index in [1.54, 1.807) is 0 Å². The lowest BCUT2D eigenvalue weighted by molar-refractivity contribution is -0.116. The first-order chi connectivity index (χ1) is 11.8. The molecular formula is C20H25N3O. The molecule has 0 aliphatic carbocycles. The van der Waals surface area contributed by atoms with Crippen LogP contribution in [-0.4, -0.2) is 26.0 Å². The second kappa shape index (κ2) is 7.97. The van der Waals surface area contributed by atoms with Gasteiger partial charge in [-0.25, -0.2) is 0 Å². The van der Waals surface area contributed by atoms with Gasteiger partial charge in [-0.3, -0.25) is 4.79 Å². The van der Waals surface area contributed by atoms with E-state index in [4.69, 9.17) is 0 Å². The van der Waals surface area contributed by atoms with Crippen molar-refractivity contribution in [1.29, 1.82) is 0 Å². The van der Waals surface area contributed by atoms with Gasteiger partial charge in [0.05, 0.1) is 0 Å². The summed E-state index contributed by atoms with van der Waals surface area (Å²) in [6, 6.07) is 16.7. The van der Waals surface area contributed by atoms with Crippen LogP contribution in [0.4, 0.5) is 11.4 Å². The van der Waals surface area contributed by atoms with Gasteiger partial charge in [-0.15, -0.1) is 0 Å². The van der Waals surface area contributed by atoms with E-state index in [-0.39, 0.29) is 5.91 Å². The maximum absolute atomic E-state index is 12.1. The molecule has 4 heteroatoms. The van der Waals surface area contributed by atoms with Gasteiger partial charge in [0.1, 0.15) is 0 Å². The zero-order valence-electron chi connectivity index (χ0n) is 14.2. The molecule has 24 heavy (non-hydrogen) atoms. The van der Waals surface area contributed by atoms with Crippen molar-refractivity contribution in [2.24, 2.45) is 0 Å². The number of carbonyl (C=O) groups is 1. The molecule has 0 fully saturated rings. The third-order valence-corrected chi connectivity index (χ3v) is 4.47. The number of carbonyl (C=O) groups excluding carboxylic acids is 1. The maximum Gasteiger partial charge on any atom is 0.224 e. The van der Waals surface area contributed by atoms with Crippen molar-refractivity contribution in [1.82, 2.24) is 5.32 Å². The van der Waals surface area contributed by atoms with Gasteiger partial charge in [0.25, 0.3) is 0 Å². The highest BCUT2D eigenvalue weighted by Gasteiger charge is 2.19. The van der Waals surface area contributed by atoms with Gasteiger partial charge >= 0.3 is 0 Å². The number of nitrogens with zero attached hydrogens (tertiary/aromatic N) is 1. The Morgan fingerprint density at radius 3 is 2.79 bits per heavy atom. The van der Waals surface area contributed by atoms with Crippen LogP contribution >= 0.6 is 0 Å². The second-order valence-corrected chi connectivity index (χ2v) is 6.21. The van der Waals surface area contributed by atoms with Crippen LogP contribution in [0.25, 0.3) is 0 Å². The van der Waals surface area contributed by atoms with E-state index in [0.29, 0.717) is 6.42 Å². The summed E-state index contributed by atoms with van der Waals surface area (Å²) in [6.45, 7) is 2.72. The molecule has 0 saturated carbocycles. The van der Waals surface area contributed by atoms with Crippen LogP contribution in [-0.2, 0) is 17.8 Å². The number of hydrogen-bond donors (Lipinski definition) is 2. The molecule has 0 aromatic heterocycles. The standard InChI is InChI=1S/C20H25N3O/c1-21-13-6-11-20(24)22-18-9-4-2-8-17(18)15-23-14-12-16-7-3-5-10-19(16)23/h2-5,7-10,21H,6,11-15H2,1H3,(H,22,24). The van der Waals surface area contributed by atoms with Crippen LogP contribution in [0.15, 0.2) is 48.5 Å². The molecule has 2 aromatic carbocycles. The third kappa shape index (κ3) is 3.95. The van der Waals surface area contributed by atoms with Crippen molar-refractivity contribution in [3.05, 3.63) is 59.7 Å². The number of amides is 1. The SMILES string of the molecule is CNCCCC(=O)Nc1ccccc1CN1CCc2ccccc21. The minimum Gasteiger partial charge on any atom is -0.367 e. The van der Waals surface area contributed by atoms with Gasteiger partial charge in [-0.2, -0.15) is 0 Å². The number of para-hydroxylation sites is 2. The molecule has 0 saturated heterocycles. The molecule has 126 valence electrons. The average molecular weight is 323 g/mol. The van der Waals surface area contributed by atoms with Crippen molar-refractivity contribution in [2.75, 3.05) is 30.4 Å². The van der Waals surface area contributed by atoms with Gasteiger partial charge in [0.2, 0.25) is 5.91 Å². The highest BCUT2D eigenvalue weighted by molar-refractivity contribution is 5.91. The molecule has 0 unspecified atom stereocenters. The average Bonchev–Trinajstić information content (AvgIpc) is 3.00. The van der Waals surface area contributed by atoms with E-state index in [0.717, 1.165) is 43.7 Å². The van der Waals surface area contributed by atoms with Gasteiger partial charge in [0, 0.05) is 30.9 Å². The Hall–Kier alpha value is -2.33. The Labute approximate surface area is 143 Å². The van der Waals surface area contributed by atoms with E-state index >= 15 is 0 Å². The number of hydrogen-bond acceptors (Lipinski definition) is 3. The minimum atomic E-state index is 0.0829. The zero-order valence-corrected chi connectivity index (χ0v) is 14.2. The van der Waals surface area contributed by atoms with Gasteiger partial charge in [-0.1, -0.05) is 36.4 Å². The number of rotatable bonds is 7. The Morgan fingerprint density at radius 2 is 1.92 bits per heavy atom. The van der Waals surface area contributed by atoms with E-state index < -0.39 is 0 Å². The van der Waals surface area contributed by atoms with Crippen LogP contribution < -0.4 is 15.5 Å². The first-order valence-electron chi connectivity index (χ1n) is 8.63. The smallest absolute Gasteiger partial charge is 0.224 e. The molecule has 1 amide bonds. The summed E-state index contributed by atoms with van der Waals surface area (Å²) in [5.74, 6) is 0.0829. The van der Waals surface area contributed by atoms with Gasteiger partial charge in [0.15, 0.2) is 0 Å². The van der Waals surface area contributed by atoms with Crippen LogP contribution in [0.2, 0.25) is 0 Å². The summed E-state index contributed by atoms with van der Waals surface area (Å²) < 4.78 is 0. The van der Waals surface area contributed by atoms with Crippen LogP contribution in [0.1, 0.15) is 24.0 Å². The fraction of sp³-hybridized carbons (Fsp3) is 0.350. The predicted molar refractivity (Wildman–Crippen MR) is 99.4 cm³/mol. The summed E-state index contributed by atoms with van der Waals surface area (Å²) in [4.78, 5) is 14.5. The number of fused-ring (bicyclic) bond motifs is 1. The molecule has 4 nitrogen and oxygen atoms in total. The molecule has 2 aromatic rings. The van der Waals surface area contributed by atoms with Crippen LogP contribution in [0.3, 0.4) is 0 Å². The lowest BCUT2D eigenvalue weighted by atomic mass is 10.1. The predicted octanol–water partition coefficient (Wildman–Crippen LogP) is 3.19. The van der Waals surface area contributed by atoms with E-state index in [2.05, 4.69) is 45.9 Å². The molecule has 0 bridgehead atoms. The summed E-state index contributed by atoms with van der Waals surface area (Å²) in [5, 5.41) is 6.14. The van der Waals surface area contributed by atoms with E-state index in [9.17, 15) is 4.79 Å². The van der Waals surface area contributed by atoms with Crippen molar-refractivity contribution in [2.45, 2.75) is 25.8 Å². The van der Waals surface area contributed by atoms with Crippen molar-refractivity contribution in [3.63, 3.8) is 0 Å². The fourth-order valence-corrected chi connectivity index (χ4v) is 3.20. The zero-order chi connectivity index (χ0) is 16.8. The Bertz CT molecular complexity index is 699. The molecule has 1 heterocycles. The summed E-state index contributed by atoms with van der Waals surface area (Å²) in [5.41, 5.74) is 4.81. The Morgan fingerprint density at radius 1 is 1.12 bits per heavy atom. The van der Waals surface area contributed by atoms with Crippen molar-refractivity contribution < 1.29 is 4.79 Å². The van der Waals surface area contributed by atoms with Gasteiger partial charge < -0.3 is 15.5 Å². The number of anilines is 2. The second-order valence-electron chi connectivity index (χ2n) is 6.21. The molecule has 1 aliphatic rings. The topological polar surface area (TPSA) is 44.4 Å². The van der Waals surface area contributed by atoms with E-state index in [1.165, 1.54) is 11.3 Å². The lowest BCUT2D eigenvalue weighted by Crippen LogP contribution is -2.21. The highest BCUT2D eigenvalue weighted by Crippen LogP contribution is 2.30. The molecule has 2 N–H and O–H groups in total. The molecule has 3 rings (SSSR count). The number of nitrogens with one attached hydrogen (secondary N) is 2. The van der Waals surface area contributed by atoms with Crippen molar-refractivity contribution >= 4 is 17.3 Å². The largest absolute Gasteiger partial charge is 0.367 e. The normalized spacial score (nSPS) is 13.0. The number of benzene rings is 2. The molecule has 0 atom stereocenters. The minimum absolute atomic E-state index is 0.0829. The third-order valence-electron chi connectivity index (χ3n) is 4.47. The Kier molecular flexibility index (Phi) is 5.49. The van der Waals surface area contributed by atoms with Crippen molar-refractivity contribution in [3.8, 4) is 0 Å². The lowest BCUT2D eigenvalue weighted by Gasteiger charge is -2.21.